The molecule has 1 saturated heterocycles. The lowest BCUT2D eigenvalue weighted by Gasteiger charge is -2.29. The number of piperidine rings is 1. The first-order valence-electron chi connectivity index (χ1n) is 8.56. The molecule has 2 heterocycles. The van der Waals surface area contributed by atoms with Crippen LogP contribution in [0.15, 0.2) is 18.3 Å². The predicted molar refractivity (Wildman–Crippen MR) is 93.4 cm³/mol. The molecule has 0 atom stereocenters. The molecule has 1 N–H and O–H groups in total. The monoisotopic (exact) mass is 335 g/mol. The smallest absolute Gasteiger partial charge is 0.253 e. The molecular weight excluding hydrogens is 306 g/mol. The molecule has 0 saturated carbocycles. The first kappa shape index (κ1) is 18.7. The van der Waals surface area contributed by atoms with Gasteiger partial charge in [-0.1, -0.05) is 0 Å². The number of likely N-dealkylation sites (tertiary alicyclic amines) is 1. The van der Waals surface area contributed by atoms with Gasteiger partial charge < -0.3 is 19.7 Å². The highest BCUT2D eigenvalue weighted by Gasteiger charge is 2.19. The topological polar surface area (TPSA) is 63.7 Å². The molecule has 0 spiro atoms. The Morgan fingerprint density at radius 2 is 2.00 bits per heavy atom. The molecule has 0 radical (unpaired) electrons. The van der Waals surface area contributed by atoms with Gasteiger partial charge in [-0.2, -0.15) is 0 Å². The lowest BCUT2D eigenvalue weighted by Crippen LogP contribution is -2.43. The second kappa shape index (κ2) is 8.44. The molecule has 0 bridgehead atoms. The highest BCUT2D eigenvalue weighted by molar-refractivity contribution is 5.94. The number of ether oxygens (including phenoxy) is 2. The third kappa shape index (κ3) is 6.45. The van der Waals surface area contributed by atoms with Crippen LogP contribution in [-0.2, 0) is 4.74 Å². The standard InChI is InChI=1S/C18H29N3O3/c1-18(2,3)24-12-11-23-16-6-5-14(13-19-16)17(22)20-15-7-9-21(4)10-8-15/h5-6,13,15H,7-12H2,1-4H3,(H,20,22). The van der Waals surface area contributed by atoms with Gasteiger partial charge in [0.1, 0.15) is 6.61 Å². The maximum absolute atomic E-state index is 12.3. The van der Waals surface area contributed by atoms with Crippen molar-refractivity contribution in [2.45, 2.75) is 45.3 Å². The third-order valence-corrected chi connectivity index (χ3v) is 3.92. The zero-order valence-corrected chi connectivity index (χ0v) is 15.2. The van der Waals surface area contributed by atoms with Crippen molar-refractivity contribution in [2.24, 2.45) is 0 Å². The first-order valence-corrected chi connectivity index (χ1v) is 8.56. The van der Waals surface area contributed by atoms with E-state index in [1.54, 1.807) is 18.3 Å². The number of pyridine rings is 1. The summed E-state index contributed by atoms with van der Waals surface area (Å²) in [5, 5.41) is 3.08. The molecule has 134 valence electrons. The van der Waals surface area contributed by atoms with Crippen molar-refractivity contribution < 1.29 is 14.3 Å². The molecule has 1 aromatic heterocycles. The highest BCUT2D eigenvalue weighted by atomic mass is 16.5. The van der Waals surface area contributed by atoms with Gasteiger partial charge in [-0.25, -0.2) is 4.98 Å². The van der Waals surface area contributed by atoms with Gasteiger partial charge in [0.15, 0.2) is 0 Å². The maximum atomic E-state index is 12.3. The van der Waals surface area contributed by atoms with Crippen molar-refractivity contribution in [3.63, 3.8) is 0 Å². The summed E-state index contributed by atoms with van der Waals surface area (Å²) in [4.78, 5) is 18.7. The van der Waals surface area contributed by atoms with E-state index in [4.69, 9.17) is 9.47 Å². The average molecular weight is 335 g/mol. The van der Waals surface area contributed by atoms with Crippen LogP contribution in [0.3, 0.4) is 0 Å². The molecule has 6 nitrogen and oxygen atoms in total. The van der Waals surface area contributed by atoms with Crippen molar-refractivity contribution in [2.75, 3.05) is 33.4 Å². The largest absolute Gasteiger partial charge is 0.475 e. The number of carbonyl (C=O) groups excluding carboxylic acids is 1. The maximum Gasteiger partial charge on any atom is 0.253 e. The van der Waals surface area contributed by atoms with Gasteiger partial charge in [0, 0.05) is 18.3 Å². The summed E-state index contributed by atoms with van der Waals surface area (Å²) < 4.78 is 11.1. The second-order valence-corrected chi connectivity index (χ2v) is 7.25. The Hall–Kier alpha value is -1.66. The molecular formula is C18H29N3O3. The average Bonchev–Trinajstić information content (AvgIpc) is 2.53. The lowest BCUT2D eigenvalue weighted by atomic mass is 10.1. The van der Waals surface area contributed by atoms with Crippen molar-refractivity contribution in [1.82, 2.24) is 15.2 Å². The molecule has 0 aliphatic carbocycles. The third-order valence-electron chi connectivity index (χ3n) is 3.92. The van der Waals surface area contributed by atoms with Crippen LogP contribution in [0, 0.1) is 0 Å². The highest BCUT2D eigenvalue weighted by Crippen LogP contribution is 2.12. The van der Waals surface area contributed by atoms with Crippen molar-refractivity contribution in [3.05, 3.63) is 23.9 Å². The molecule has 24 heavy (non-hydrogen) atoms. The van der Waals surface area contributed by atoms with Gasteiger partial charge in [-0.15, -0.1) is 0 Å². The molecule has 1 fully saturated rings. The normalized spacial score (nSPS) is 16.8. The van der Waals surface area contributed by atoms with Crippen molar-refractivity contribution in [1.29, 1.82) is 0 Å². The fourth-order valence-corrected chi connectivity index (χ4v) is 2.52. The molecule has 1 aromatic rings. The van der Waals surface area contributed by atoms with E-state index in [2.05, 4.69) is 22.2 Å². The summed E-state index contributed by atoms with van der Waals surface area (Å²) in [5.41, 5.74) is 0.388. The molecule has 1 aliphatic rings. The van der Waals surface area contributed by atoms with Gasteiger partial charge in [0.05, 0.1) is 17.8 Å². The van der Waals surface area contributed by atoms with Crippen LogP contribution in [0.2, 0.25) is 0 Å². The van der Waals surface area contributed by atoms with Crippen molar-refractivity contribution >= 4 is 5.91 Å². The van der Waals surface area contributed by atoms with E-state index in [0.717, 1.165) is 25.9 Å². The summed E-state index contributed by atoms with van der Waals surface area (Å²) in [5.74, 6) is 0.433. The van der Waals surface area contributed by atoms with E-state index in [-0.39, 0.29) is 17.6 Å². The molecule has 2 rings (SSSR count). The molecule has 0 unspecified atom stereocenters. The van der Waals surface area contributed by atoms with E-state index in [9.17, 15) is 4.79 Å². The van der Waals surface area contributed by atoms with Gasteiger partial charge in [0.25, 0.3) is 5.91 Å². The van der Waals surface area contributed by atoms with Gasteiger partial charge in [0.2, 0.25) is 5.88 Å². The summed E-state index contributed by atoms with van der Waals surface area (Å²) >= 11 is 0. The van der Waals surface area contributed by atoms with Crippen LogP contribution < -0.4 is 10.1 Å². The number of hydrogen-bond acceptors (Lipinski definition) is 5. The lowest BCUT2D eigenvalue weighted by molar-refractivity contribution is -0.0168. The number of aromatic nitrogens is 1. The summed E-state index contributed by atoms with van der Waals surface area (Å²) in [7, 11) is 2.10. The molecule has 0 aromatic carbocycles. The number of amides is 1. The second-order valence-electron chi connectivity index (χ2n) is 7.25. The van der Waals surface area contributed by atoms with Gasteiger partial charge in [-0.05, 0) is 59.8 Å². The van der Waals surface area contributed by atoms with Gasteiger partial charge >= 0.3 is 0 Å². The van der Waals surface area contributed by atoms with Crippen molar-refractivity contribution in [3.8, 4) is 5.88 Å². The summed E-state index contributed by atoms with van der Waals surface area (Å²) in [6, 6.07) is 3.72. The van der Waals surface area contributed by atoms with E-state index in [1.165, 1.54) is 0 Å². The number of nitrogens with one attached hydrogen (secondary N) is 1. The minimum Gasteiger partial charge on any atom is -0.475 e. The molecule has 6 heteroatoms. The van der Waals surface area contributed by atoms with E-state index in [0.29, 0.717) is 24.7 Å². The van der Waals surface area contributed by atoms with Crippen LogP contribution >= 0.6 is 0 Å². The van der Waals surface area contributed by atoms with E-state index in [1.807, 2.05) is 20.8 Å². The Balaban J connectivity index is 1.75. The zero-order chi connectivity index (χ0) is 17.6. The SMILES string of the molecule is CN1CCC(NC(=O)c2ccc(OCCOC(C)(C)C)nc2)CC1. The minimum absolute atomic E-state index is 0.0698. The fourth-order valence-electron chi connectivity index (χ4n) is 2.52. The summed E-state index contributed by atoms with van der Waals surface area (Å²) in [6.07, 6.45) is 3.54. The number of nitrogens with zero attached hydrogens (tertiary/aromatic N) is 2. The van der Waals surface area contributed by atoms with Crippen LogP contribution in [0.4, 0.5) is 0 Å². The van der Waals surface area contributed by atoms with Crippen LogP contribution in [0.5, 0.6) is 5.88 Å². The van der Waals surface area contributed by atoms with Crippen LogP contribution in [0.1, 0.15) is 44.0 Å². The van der Waals surface area contributed by atoms with E-state index < -0.39 is 0 Å². The molecule has 1 amide bonds. The van der Waals surface area contributed by atoms with Crippen LogP contribution in [-0.4, -0.2) is 60.8 Å². The molecule has 1 aliphatic heterocycles. The number of carbonyl (C=O) groups is 1. The van der Waals surface area contributed by atoms with Gasteiger partial charge in [-0.3, -0.25) is 4.79 Å². The fraction of sp³-hybridized carbons (Fsp3) is 0.667. The number of rotatable bonds is 6. The minimum atomic E-state index is -0.174. The van der Waals surface area contributed by atoms with E-state index >= 15 is 0 Å². The first-order chi connectivity index (χ1) is 11.3. The Kier molecular flexibility index (Phi) is 6.57. The van der Waals surface area contributed by atoms with Crippen LogP contribution in [0.25, 0.3) is 0 Å². The number of hydrogen-bond donors (Lipinski definition) is 1. The zero-order valence-electron chi connectivity index (χ0n) is 15.2. The Labute approximate surface area is 144 Å². The Morgan fingerprint density at radius 1 is 1.29 bits per heavy atom. The predicted octanol–water partition coefficient (Wildman–Crippen LogP) is 2.10. The Morgan fingerprint density at radius 3 is 2.58 bits per heavy atom. The Bertz CT molecular complexity index is 517. The quantitative estimate of drug-likeness (QED) is 0.807. The summed E-state index contributed by atoms with van der Waals surface area (Å²) in [6.45, 7) is 8.99.